The molecule has 7 heteroatoms. The Morgan fingerprint density at radius 3 is 2.56 bits per heavy atom. The zero-order chi connectivity index (χ0) is 19.1. The molecule has 0 unspecified atom stereocenters. The van der Waals surface area contributed by atoms with Crippen LogP contribution in [0.4, 0.5) is 11.8 Å². The Hall–Kier alpha value is -2.67. The largest absolute Gasteiger partial charge is 0.462 e. The van der Waals surface area contributed by atoms with Crippen molar-refractivity contribution in [2.45, 2.75) is 20.4 Å². The Morgan fingerprint density at radius 1 is 1.15 bits per heavy atom. The number of aromatic nitrogens is 2. The van der Waals surface area contributed by atoms with Crippen LogP contribution in [0.1, 0.15) is 29.8 Å². The van der Waals surface area contributed by atoms with E-state index in [-0.39, 0.29) is 0 Å². The van der Waals surface area contributed by atoms with E-state index in [1.807, 2.05) is 13.0 Å². The summed E-state index contributed by atoms with van der Waals surface area (Å²) in [6, 6.07) is 10.5. The van der Waals surface area contributed by atoms with E-state index < -0.39 is 5.97 Å². The Labute approximate surface area is 160 Å². The number of rotatable bonds is 7. The summed E-state index contributed by atoms with van der Waals surface area (Å²) in [5.41, 5.74) is 1.71. The summed E-state index contributed by atoms with van der Waals surface area (Å²) in [6.07, 6.45) is 1.56. The topological polar surface area (TPSA) is 70.6 Å². The van der Waals surface area contributed by atoms with E-state index in [4.69, 9.17) is 4.74 Å². The maximum atomic E-state index is 12.1. The highest BCUT2D eigenvalue weighted by atomic mass is 16.5. The summed E-state index contributed by atoms with van der Waals surface area (Å²) in [5, 5.41) is 3.15. The molecule has 27 heavy (non-hydrogen) atoms. The average molecular weight is 369 g/mol. The Bertz CT molecular complexity index is 745. The first-order chi connectivity index (χ1) is 13.2. The van der Waals surface area contributed by atoms with Gasteiger partial charge in [0, 0.05) is 45.5 Å². The molecule has 1 aliphatic heterocycles. The third kappa shape index (κ3) is 4.95. The van der Waals surface area contributed by atoms with Gasteiger partial charge in [-0.1, -0.05) is 30.3 Å². The van der Waals surface area contributed by atoms with Crippen LogP contribution in [0.25, 0.3) is 0 Å². The van der Waals surface area contributed by atoms with Gasteiger partial charge in [0.25, 0.3) is 0 Å². The second kappa shape index (κ2) is 9.32. The SMILES string of the molecule is CCNc1nc(N2CCN(Cc3ccccc3)CC2)ncc1C(=O)OCC. The lowest BCUT2D eigenvalue weighted by Crippen LogP contribution is -2.46. The van der Waals surface area contributed by atoms with Crippen molar-refractivity contribution in [3.05, 3.63) is 47.7 Å². The molecule has 144 valence electrons. The third-order valence-corrected chi connectivity index (χ3v) is 4.52. The van der Waals surface area contributed by atoms with Crippen LogP contribution in [0.3, 0.4) is 0 Å². The molecule has 3 rings (SSSR count). The number of esters is 1. The van der Waals surface area contributed by atoms with E-state index in [2.05, 4.69) is 49.4 Å². The predicted octanol–water partition coefficient (Wildman–Crippen LogP) is 2.41. The molecular weight excluding hydrogens is 342 g/mol. The molecule has 1 aromatic heterocycles. The van der Waals surface area contributed by atoms with Crippen LogP contribution >= 0.6 is 0 Å². The number of hydrogen-bond acceptors (Lipinski definition) is 7. The number of carbonyl (C=O) groups is 1. The van der Waals surface area contributed by atoms with Gasteiger partial charge in [0.2, 0.25) is 5.95 Å². The number of anilines is 2. The Morgan fingerprint density at radius 2 is 1.89 bits per heavy atom. The first-order valence-corrected chi connectivity index (χ1v) is 9.50. The van der Waals surface area contributed by atoms with Gasteiger partial charge in [0.05, 0.1) is 6.61 Å². The van der Waals surface area contributed by atoms with E-state index in [0.717, 1.165) is 32.7 Å². The van der Waals surface area contributed by atoms with E-state index in [9.17, 15) is 4.79 Å². The lowest BCUT2D eigenvalue weighted by atomic mass is 10.2. The summed E-state index contributed by atoms with van der Waals surface area (Å²) in [4.78, 5) is 25.7. The van der Waals surface area contributed by atoms with Gasteiger partial charge in [0.1, 0.15) is 11.4 Å². The van der Waals surface area contributed by atoms with Gasteiger partial charge < -0.3 is 15.0 Å². The normalized spacial score (nSPS) is 14.8. The van der Waals surface area contributed by atoms with Crippen LogP contribution in [0.15, 0.2) is 36.5 Å². The third-order valence-electron chi connectivity index (χ3n) is 4.52. The molecule has 7 nitrogen and oxygen atoms in total. The number of nitrogens with zero attached hydrogens (tertiary/aromatic N) is 4. The maximum absolute atomic E-state index is 12.1. The quantitative estimate of drug-likeness (QED) is 0.752. The van der Waals surface area contributed by atoms with Gasteiger partial charge in [-0.2, -0.15) is 4.98 Å². The Balaban J connectivity index is 1.65. The molecule has 0 atom stereocenters. The lowest BCUT2D eigenvalue weighted by molar-refractivity contribution is 0.0526. The monoisotopic (exact) mass is 369 g/mol. The van der Waals surface area contributed by atoms with E-state index in [1.54, 1.807) is 13.1 Å². The highest BCUT2D eigenvalue weighted by molar-refractivity contribution is 5.94. The molecule has 1 saturated heterocycles. The van der Waals surface area contributed by atoms with Crippen LogP contribution in [0.5, 0.6) is 0 Å². The van der Waals surface area contributed by atoms with E-state index in [1.165, 1.54) is 5.56 Å². The van der Waals surface area contributed by atoms with Crippen LogP contribution in [0.2, 0.25) is 0 Å². The van der Waals surface area contributed by atoms with Crippen LogP contribution in [-0.4, -0.2) is 60.2 Å². The summed E-state index contributed by atoms with van der Waals surface area (Å²) < 4.78 is 5.09. The standard InChI is InChI=1S/C20H27N5O2/c1-3-21-18-17(19(26)27-4-2)14-22-20(23-18)25-12-10-24(11-13-25)15-16-8-6-5-7-9-16/h5-9,14H,3-4,10-13,15H2,1-2H3,(H,21,22,23). The highest BCUT2D eigenvalue weighted by Crippen LogP contribution is 2.19. The van der Waals surface area contributed by atoms with Gasteiger partial charge in [0.15, 0.2) is 0 Å². The van der Waals surface area contributed by atoms with Crippen molar-refractivity contribution < 1.29 is 9.53 Å². The highest BCUT2D eigenvalue weighted by Gasteiger charge is 2.22. The fraction of sp³-hybridized carbons (Fsp3) is 0.450. The molecule has 0 saturated carbocycles. The molecule has 0 amide bonds. The van der Waals surface area contributed by atoms with Gasteiger partial charge >= 0.3 is 5.97 Å². The van der Waals surface area contributed by atoms with Crippen molar-refractivity contribution in [2.24, 2.45) is 0 Å². The molecule has 2 aromatic rings. The van der Waals surface area contributed by atoms with E-state index >= 15 is 0 Å². The van der Waals surface area contributed by atoms with Gasteiger partial charge in [-0.25, -0.2) is 9.78 Å². The van der Waals surface area contributed by atoms with E-state index in [0.29, 0.717) is 30.5 Å². The fourth-order valence-electron chi connectivity index (χ4n) is 3.13. The predicted molar refractivity (Wildman–Crippen MR) is 106 cm³/mol. The van der Waals surface area contributed by atoms with Crippen molar-refractivity contribution in [1.82, 2.24) is 14.9 Å². The molecule has 0 radical (unpaired) electrons. The number of ether oxygens (including phenoxy) is 1. The molecule has 1 aliphatic rings. The second-order valence-corrected chi connectivity index (χ2v) is 6.43. The molecule has 2 heterocycles. The Kier molecular flexibility index (Phi) is 6.59. The smallest absolute Gasteiger partial charge is 0.343 e. The number of benzene rings is 1. The molecule has 0 spiro atoms. The maximum Gasteiger partial charge on any atom is 0.343 e. The number of hydrogen-bond donors (Lipinski definition) is 1. The summed E-state index contributed by atoms with van der Waals surface area (Å²) in [7, 11) is 0. The first kappa shape index (κ1) is 19.1. The van der Waals surface area contributed by atoms with Crippen molar-refractivity contribution >= 4 is 17.7 Å². The molecule has 0 bridgehead atoms. The van der Waals surface area contributed by atoms with Gasteiger partial charge in [-0.05, 0) is 19.4 Å². The lowest BCUT2D eigenvalue weighted by Gasteiger charge is -2.34. The molecule has 1 aromatic carbocycles. The van der Waals surface area contributed by atoms with Crippen LogP contribution in [0, 0.1) is 0 Å². The summed E-state index contributed by atoms with van der Waals surface area (Å²) in [6.45, 7) is 9.34. The summed E-state index contributed by atoms with van der Waals surface area (Å²) in [5.74, 6) is 0.790. The summed E-state index contributed by atoms with van der Waals surface area (Å²) >= 11 is 0. The minimum Gasteiger partial charge on any atom is -0.462 e. The molecular formula is C20H27N5O2. The average Bonchev–Trinajstić information content (AvgIpc) is 2.70. The van der Waals surface area contributed by atoms with Crippen molar-refractivity contribution in [3.63, 3.8) is 0 Å². The van der Waals surface area contributed by atoms with Crippen molar-refractivity contribution in [2.75, 3.05) is 49.5 Å². The number of piperazine rings is 1. The van der Waals surface area contributed by atoms with Gasteiger partial charge in [-0.3, -0.25) is 4.90 Å². The molecule has 0 aliphatic carbocycles. The van der Waals surface area contributed by atoms with Crippen LogP contribution < -0.4 is 10.2 Å². The first-order valence-electron chi connectivity index (χ1n) is 9.50. The van der Waals surface area contributed by atoms with Gasteiger partial charge in [-0.15, -0.1) is 0 Å². The van der Waals surface area contributed by atoms with Crippen molar-refractivity contribution in [3.8, 4) is 0 Å². The minimum atomic E-state index is -0.396. The van der Waals surface area contributed by atoms with Crippen LogP contribution in [-0.2, 0) is 11.3 Å². The zero-order valence-electron chi connectivity index (χ0n) is 16.0. The second-order valence-electron chi connectivity index (χ2n) is 6.43. The number of carbonyl (C=O) groups excluding carboxylic acids is 1. The van der Waals surface area contributed by atoms with Crippen molar-refractivity contribution in [1.29, 1.82) is 0 Å². The molecule has 1 fully saturated rings. The molecule has 1 N–H and O–H groups in total. The fourth-order valence-corrected chi connectivity index (χ4v) is 3.13. The number of nitrogens with one attached hydrogen (secondary N) is 1. The zero-order valence-corrected chi connectivity index (χ0v) is 16.0. The minimum absolute atomic E-state index is 0.329.